The Bertz CT molecular complexity index is 630. The van der Waals surface area contributed by atoms with E-state index in [9.17, 15) is 9.59 Å². The van der Waals surface area contributed by atoms with Crippen LogP contribution in [0, 0.1) is 0 Å². The topological polar surface area (TPSA) is 72.0 Å². The number of carbonyl (C=O) groups is 2. The average molecular weight is 386 g/mol. The van der Waals surface area contributed by atoms with Gasteiger partial charge in [0.1, 0.15) is 18.2 Å². The highest BCUT2D eigenvalue weighted by atomic mass is 79.9. The van der Waals surface area contributed by atoms with Gasteiger partial charge in [-0.15, -0.1) is 0 Å². The number of fused-ring (bicyclic) bond motifs is 1. The van der Waals surface area contributed by atoms with Gasteiger partial charge < -0.3 is 9.47 Å². The largest absolute Gasteiger partial charge is 0.487 e. The Balaban J connectivity index is 2.23. The first-order valence-corrected chi connectivity index (χ1v) is 7.91. The van der Waals surface area contributed by atoms with Crippen LogP contribution in [-0.2, 0) is 9.53 Å². The number of carbonyl (C=O) groups excluding carboxylic acids is 2. The molecule has 2 amide bonds. The van der Waals surface area contributed by atoms with E-state index in [1.165, 1.54) is 16.8 Å². The third-order valence-electron chi connectivity index (χ3n) is 3.28. The maximum absolute atomic E-state index is 12.6. The summed E-state index contributed by atoms with van der Waals surface area (Å²) in [5, 5.41) is 0. The summed E-state index contributed by atoms with van der Waals surface area (Å²) in [6.45, 7) is 5.35. The highest BCUT2D eigenvalue weighted by molar-refractivity contribution is 9.10. The highest BCUT2D eigenvalue weighted by Gasteiger charge is 2.36. The van der Waals surface area contributed by atoms with Gasteiger partial charge in [0.05, 0.1) is 0 Å². The van der Waals surface area contributed by atoms with Gasteiger partial charge in [0.15, 0.2) is 11.6 Å². The number of pyridine rings is 1. The van der Waals surface area contributed by atoms with Crippen molar-refractivity contribution in [3.63, 3.8) is 0 Å². The van der Waals surface area contributed by atoms with E-state index in [4.69, 9.17) is 9.47 Å². The quantitative estimate of drug-likeness (QED) is 0.742. The van der Waals surface area contributed by atoms with Crippen molar-refractivity contribution in [2.45, 2.75) is 32.4 Å². The Hall–Kier alpha value is -1.83. The van der Waals surface area contributed by atoms with Crippen LogP contribution in [0.15, 0.2) is 16.7 Å². The number of aromatic nitrogens is 1. The molecule has 1 aliphatic heterocycles. The second-order valence-electron chi connectivity index (χ2n) is 6.29. The van der Waals surface area contributed by atoms with Crippen LogP contribution < -0.4 is 9.64 Å². The van der Waals surface area contributed by atoms with Crippen LogP contribution in [0.2, 0.25) is 0 Å². The van der Waals surface area contributed by atoms with Gasteiger partial charge in [-0.25, -0.2) is 9.78 Å². The van der Waals surface area contributed by atoms with Crippen molar-refractivity contribution in [1.82, 2.24) is 9.88 Å². The van der Waals surface area contributed by atoms with Crippen molar-refractivity contribution < 1.29 is 19.1 Å². The van der Waals surface area contributed by atoms with Crippen molar-refractivity contribution in [3.05, 3.63) is 16.7 Å². The van der Waals surface area contributed by atoms with Crippen molar-refractivity contribution in [2.24, 2.45) is 0 Å². The summed E-state index contributed by atoms with van der Waals surface area (Å²) in [5.74, 6) is 0.612. The number of anilines is 1. The summed E-state index contributed by atoms with van der Waals surface area (Å²) < 4.78 is 11.7. The van der Waals surface area contributed by atoms with E-state index >= 15 is 0 Å². The predicted octanol–water partition coefficient (Wildman–Crippen LogP) is 2.43. The molecule has 0 unspecified atom stereocenters. The van der Waals surface area contributed by atoms with Gasteiger partial charge >= 0.3 is 6.09 Å². The second kappa shape index (κ2) is 6.35. The fourth-order valence-electron chi connectivity index (χ4n) is 2.08. The number of halogens is 1. The molecule has 1 aromatic heterocycles. The monoisotopic (exact) mass is 385 g/mol. The zero-order valence-electron chi connectivity index (χ0n) is 13.8. The Labute approximate surface area is 143 Å². The lowest BCUT2D eigenvalue weighted by molar-refractivity contribution is -0.123. The summed E-state index contributed by atoms with van der Waals surface area (Å²) in [5.41, 5.74) is -0.638. The van der Waals surface area contributed by atoms with Gasteiger partial charge in [0.25, 0.3) is 5.91 Å². The lowest BCUT2D eigenvalue weighted by Crippen LogP contribution is -2.51. The average Bonchev–Trinajstić information content (AvgIpc) is 2.55. The Morgan fingerprint density at radius 2 is 2.17 bits per heavy atom. The van der Waals surface area contributed by atoms with Crippen LogP contribution in [0.4, 0.5) is 10.6 Å². The fourth-order valence-corrected chi connectivity index (χ4v) is 2.39. The number of ether oxygens (including phenoxy) is 2. The minimum absolute atomic E-state index is 0.0318. The molecule has 0 radical (unpaired) electrons. The molecule has 1 aromatic rings. The number of nitrogens with zero attached hydrogens (tertiary/aromatic N) is 3. The molecule has 126 valence electrons. The zero-order chi connectivity index (χ0) is 17.4. The van der Waals surface area contributed by atoms with Crippen molar-refractivity contribution in [1.29, 1.82) is 0 Å². The van der Waals surface area contributed by atoms with Crippen molar-refractivity contribution in [2.75, 3.05) is 25.6 Å². The SMILES string of the molecule is CN1C(=O)[C@H](N(C)C(=O)OC(C)(C)C)COc2cc(Br)cnc21. The van der Waals surface area contributed by atoms with Crippen molar-refractivity contribution in [3.8, 4) is 5.75 Å². The first-order chi connectivity index (χ1) is 10.6. The van der Waals surface area contributed by atoms with E-state index in [0.717, 1.165) is 4.47 Å². The smallest absolute Gasteiger partial charge is 0.410 e. The molecular weight excluding hydrogens is 366 g/mol. The third kappa shape index (κ3) is 3.93. The van der Waals surface area contributed by atoms with E-state index in [-0.39, 0.29) is 12.5 Å². The van der Waals surface area contributed by atoms with E-state index in [1.54, 1.807) is 40.1 Å². The molecule has 0 aromatic carbocycles. The summed E-state index contributed by atoms with van der Waals surface area (Å²) >= 11 is 3.32. The van der Waals surface area contributed by atoms with Gasteiger partial charge in [-0.05, 0) is 42.8 Å². The summed E-state index contributed by atoms with van der Waals surface area (Å²) in [7, 11) is 3.12. The molecule has 7 nitrogen and oxygen atoms in total. The Morgan fingerprint density at radius 3 is 2.78 bits per heavy atom. The highest BCUT2D eigenvalue weighted by Crippen LogP contribution is 2.31. The van der Waals surface area contributed by atoms with Gasteiger partial charge in [0.2, 0.25) is 0 Å². The molecular formula is C15H20BrN3O4. The number of likely N-dealkylation sites (N-methyl/N-ethyl adjacent to an activating group) is 2. The van der Waals surface area contributed by atoms with Gasteiger partial charge in [-0.2, -0.15) is 0 Å². The van der Waals surface area contributed by atoms with Crippen LogP contribution in [0.1, 0.15) is 20.8 Å². The minimum atomic E-state index is -0.789. The predicted molar refractivity (Wildman–Crippen MR) is 88.6 cm³/mol. The van der Waals surface area contributed by atoms with Gasteiger partial charge in [-0.1, -0.05) is 0 Å². The molecule has 0 saturated heterocycles. The van der Waals surface area contributed by atoms with E-state index < -0.39 is 17.7 Å². The van der Waals surface area contributed by atoms with Crippen LogP contribution >= 0.6 is 15.9 Å². The van der Waals surface area contributed by atoms with Crippen LogP contribution in [0.25, 0.3) is 0 Å². The molecule has 0 spiro atoms. The Kier molecular flexibility index (Phi) is 4.84. The first kappa shape index (κ1) is 17.5. The second-order valence-corrected chi connectivity index (χ2v) is 7.21. The van der Waals surface area contributed by atoms with Gasteiger partial charge in [0, 0.05) is 24.8 Å². The molecule has 2 rings (SSSR count). The normalized spacial score (nSPS) is 17.9. The molecule has 2 heterocycles. The van der Waals surface area contributed by atoms with Crippen LogP contribution in [-0.4, -0.2) is 54.2 Å². The molecule has 0 aliphatic carbocycles. The zero-order valence-corrected chi connectivity index (χ0v) is 15.4. The van der Waals surface area contributed by atoms with E-state index in [1.807, 2.05) is 0 Å². The van der Waals surface area contributed by atoms with Gasteiger partial charge in [-0.3, -0.25) is 14.6 Å². The van der Waals surface area contributed by atoms with Crippen LogP contribution in [0.3, 0.4) is 0 Å². The van der Waals surface area contributed by atoms with E-state index in [0.29, 0.717) is 11.6 Å². The molecule has 1 atom stereocenters. The first-order valence-electron chi connectivity index (χ1n) is 7.12. The standard InChI is InChI=1S/C15H20BrN3O4/c1-15(2,3)23-14(21)18(4)10-8-22-11-6-9(16)7-17-12(11)19(5)13(10)20/h6-7,10H,8H2,1-5H3/t10-/m1/s1. The third-order valence-corrected chi connectivity index (χ3v) is 3.71. The molecule has 0 N–H and O–H groups in total. The maximum atomic E-state index is 12.6. The molecule has 0 saturated carbocycles. The molecule has 23 heavy (non-hydrogen) atoms. The van der Waals surface area contributed by atoms with Crippen molar-refractivity contribution >= 4 is 33.7 Å². The number of hydrogen-bond donors (Lipinski definition) is 0. The Morgan fingerprint density at radius 1 is 1.52 bits per heavy atom. The number of hydrogen-bond acceptors (Lipinski definition) is 5. The maximum Gasteiger partial charge on any atom is 0.410 e. The lowest BCUT2D eigenvalue weighted by atomic mass is 10.2. The molecule has 0 bridgehead atoms. The van der Waals surface area contributed by atoms with Crippen LogP contribution in [0.5, 0.6) is 5.75 Å². The molecule has 0 fully saturated rings. The summed E-state index contributed by atoms with van der Waals surface area (Å²) in [4.78, 5) is 31.7. The minimum Gasteiger partial charge on any atom is -0.487 e. The lowest BCUT2D eigenvalue weighted by Gasteiger charge is -2.29. The number of rotatable bonds is 1. The van der Waals surface area contributed by atoms with E-state index in [2.05, 4.69) is 20.9 Å². The molecule has 1 aliphatic rings. The summed E-state index contributed by atoms with van der Waals surface area (Å²) in [6, 6.07) is 0.949. The number of amides is 2. The summed E-state index contributed by atoms with van der Waals surface area (Å²) in [6.07, 6.45) is 1.01. The fraction of sp³-hybridized carbons (Fsp3) is 0.533. The molecule has 8 heteroatoms.